The molecule has 18 aliphatic carbocycles. The van der Waals surface area contributed by atoms with Gasteiger partial charge in [0, 0.05) is 0 Å². The SMILES string of the molecule is C1CC1.C1CCC1.C1CCC1.C1CCC1.C1CCC1.C1CCC1.C1CCC1.C1CCC1.C1CCC1.C1CCC1.C1CCC1.C1CCC1.C1CCC1.C1CCC1.C1CCC1.C1CCC1.C1CCC1.C1CCC1. The maximum absolute atomic E-state index is 1.50. The number of hydrogen-bond acceptors (Lipinski definition) is 0. The van der Waals surface area contributed by atoms with Crippen molar-refractivity contribution in [2.75, 3.05) is 0 Å². The highest BCUT2D eigenvalue weighted by molar-refractivity contribution is 4.57. The summed E-state index contributed by atoms with van der Waals surface area (Å²) in [7, 11) is 0. The van der Waals surface area contributed by atoms with Crippen molar-refractivity contribution < 1.29 is 0 Å². The average Bonchev–Trinajstić information content (AvgIpc) is 3.70. The molecular formula is C71H142. The number of hydrogen-bond donors (Lipinski definition) is 0. The lowest BCUT2D eigenvalue weighted by Gasteiger charge is -2.05. The van der Waals surface area contributed by atoms with E-state index in [2.05, 4.69) is 0 Å². The zero-order chi connectivity index (χ0) is 50.2. The van der Waals surface area contributed by atoms with Crippen LogP contribution < -0.4 is 0 Å². The van der Waals surface area contributed by atoms with Crippen LogP contribution in [0.1, 0.15) is 456 Å². The third kappa shape index (κ3) is 68.0. The molecule has 0 unspecified atom stereocenters. The predicted octanol–water partition coefficient (Wildman–Crippen LogP) is 27.7. The largest absolute Gasteiger partial charge is 0.0533 e. The first-order chi connectivity index (χ1) is 35.5. The third-order valence-corrected chi connectivity index (χ3v) is 17.4. The van der Waals surface area contributed by atoms with Crippen molar-refractivity contribution in [1.82, 2.24) is 0 Å². The van der Waals surface area contributed by atoms with Crippen LogP contribution >= 0.6 is 0 Å². The maximum Gasteiger partial charge on any atom is -0.0533 e. The Morgan fingerprint density at radius 3 is 0.0423 bits per heavy atom. The summed E-state index contributed by atoms with van der Waals surface area (Å²) in [5.41, 5.74) is 0. The van der Waals surface area contributed by atoms with E-state index in [0.717, 1.165) is 0 Å². The highest BCUT2D eigenvalue weighted by Gasteiger charge is 2.01. The molecule has 0 N–H and O–H groups in total. The molecular weight excluding hydrogens is 853 g/mol. The summed E-state index contributed by atoms with van der Waals surface area (Å²) in [5.74, 6) is 0. The first-order valence-corrected chi connectivity index (χ1v) is 35.5. The predicted molar refractivity (Wildman–Crippen MR) is 328 cm³/mol. The second-order valence-electron chi connectivity index (χ2n) is 25.1. The van der Waals surface area contributed by atoms with Crippen molar-refractivity contribution in [2.45, 2.75) is 456 Å². The van der Waals surface area contributed by atoms with Crippen molar-refractivity contribution in [1.29, 1.82) is 0 Å². The van der Waals surface area contributed by atoms with Crippen LogP contribution in [0.15, 0.2) is 0 Å². The molecule has 0 aliphatic heterocycles. The normalized spacial score (nSPS) is 24.0. The summed E-state index contributed by atoms with van der Waals surface area (Å²) >= 11 is 0. The van der Waals surface area contributed by atoms with E-state index in [-0.39, 0.29) is 0 Å². The monoisotopic (exact) mass is 995 g/mol. The lowest BCUT2D eigenvalue weighted by Crippen LogP contribution is -1.85. The van der Waals surface area contributed by atoms with Gasteiger partial charge in [-0.15, -0.1) is 0 Å². The highest BCUT2D eigenvalue weighted by atomic mass is 14.1. The van der Waals surface area contributed by atoms with E-state index in [0.29, 0.717) is 0 Å². The van der Waals surface area contributed by atoms with Crippen LogP contribution in [-0.2, 0) is 0 Å². The minimum atomic E-state index is 1.50. The topological polar surface area (TPSA) is 0 Å². The Kier molecular flexibility index (Phi) is 64.3. The van der Waals surface area contributed by atoms with Gasteiger partial charge in [0.15, 0.2) is 0 Å². The molecule has 0 aromatic carbocycles. The fourth-order valence-electron chi connectivity index (χ4n) is 4.25. The Bertz CT molecular complexity index is 455. The van der Waals surface area contributed by atoms with Crippen LogP contribution in [0.3, 0.4) is 0 Å². The molecule has 18 aliphatic rings. The van der Waals surface area contributed by atoms with Crippen molar-refractivity contribution >= 4 is 0 Å². The van der Waals surface area contributed by atoms with E-state index in [1.54, 1.807) is 0 Å². The molecule has 0 nitrogen and oxygen atoms in total. The minimum Gasteiger partial charge on any atom is -0.0533 e. The highest BCUT2D eigenvalue weighted by Crippen LogP contribution is 2.21. The first-order valence-electron chi connectivity index (χ1n) is 35.5. The fourth-order valence-corrected chi connectivity index (χ4v) is 4.25. The molecule has 0 amide bonds. The van der Waals surface area contributed by atoms with Crippen molar-refractivity contribution in [2.24, 2.45) is 0 Å². The molecule has 0 heteroatoms. The maximum atomic E-state index is 1.50. The molecule has 18 rings (SSSR count). The minimum absolute atomic E-state index is 1.50. The molecule has 0 aromatic heterocycles. The summed E-state index contributed by atoms with van der Waals surface area (Å²) in [6.07, 6.45) is 106. The van der Waals surface area contributed by atoms with Crippen LogP contribution in [0.25, 0.3) is 0 Å². The standard InChI is InChI=1S/17C4H8.C3H6/c17*1-2-4-3-1;1-2-3-1/h17*1-4H2;1-3H2. The van der Waals surface area contributed by atoms with Crippen molar-refractivity contribution in [3.05, 3.63) is 0 Å². The van der Waals surface area contributed by atoms with Crippen molar-refractivity contribution in [3.63, 3.8) is 0 Å². The Hall–Kier alpha value is 0. The van der Waals surface area contributed by atoms with Crippen LogP contribution in [0, 0.1) is 0 Å². The average molecular weight is 996 g/mol. The Labute approximate surface area is 453 Å². The van der Waals surface area contributed by atoms with Gasteiger partial charge in [0.2, 0.25) is 0 Å². The van der Waals surface area contributed by atoms with Crippen LogP contribution in [0.5, 0.6) is 0 Å². The van der Waals surface area contributed by atoms with Crippen LogP contribution in [-0.4, -0.2) is 0 Å². The Morgan fingerprint density at radius 1 is 0.0282 bits per heavy atom. The van der Waals surface area contributed by atoms with Crippen molar-refractivity contribution in [3.8, 4) is 0 Å². The Balaban J connectivity index is 0.000000376. The molecule has 0 saturated heterocycles. The second-order valence-corrected chi connectivity index (χ2v) is 25.1. The van der Waals surface area contributed by atoms with Gasteiger partial charge in [-0.3, -0.25) is 0 Å². The molecule has 71 heavy (non-hydrogen) atoms. The van der Waals surface area contributed by atoms with Gasteiger partial charge in [0.1, 0.15) is 0 Å². The summed E-state index contributed by atoms with van der Waals surface area (Å²) in [5, 5.41) is 0. The van der Waals surface area contributed by atoms with Gasteiger partial charge in [0.25, 0.3) is 0 Å². The number of rotatable bonds is 0. The smallest absolute Gasteiger partial charge is 0.0533 e. The van der Waals surface area contributed by atoms with Gasteiger partial charge >= 0.3 is 0 Å². The van der Waals surface area contributed by atoms with Gasteiger partial charge in [0.05, 0.1) is 0 Å². The first kappa shape index (κ1) is 69.0. The molecule has 0 radical (unpaired) electrons. The summed E-state index contributed by atoms with van der Waals surface area (Å²) in [6, 6.07) is 0. The van der Waals surface area contributed by atoms with Gasteiger partial charge in [-0.1, -0.05) is 456 Å². The quantitative estimate of drug-likeness (QED) is 0.227. The van der Waals surface area contributed by atoms with Crippen LogP contribution in [0.4, 0.5) is 0 Å². The van der Waals surface area contributed by atoms with Gasteiger partial charge in [-0.2, -0.15) is 0 Å². The molecule has 0 bridgehead atoms. The zero-order valence-electron chi connectivity index (χ0n) is 50.2. The van der Waals surface area contributed by atoms with Gasteiger partial charge < -0.3 is 0 Å². The summed E-state index contributed by atoms with van der Waals surface area (Å²) in [4.78, 5) is 0. The molecule has 0 heterocycles. The van der Waals surface area contributed by atoms with Gasteiger partial charge in [-0.25, -0.2) is 0 Å². The Morgan fingerprint density at radius 2 is 0.0423 bits per heavy atom. The molecule has 18 fully saturated rings. The van der Waals surface area contributed by atoms with Gasteiger partial charge in [-0.05, 0) is 0 Å². The van der Waals surface area contributed by atoms with Crippen LogP contribution in [0.2, 0.25) is 0 Å². The van der Waals surface area contributed by atoms with E-state index in [1.165, 1.54) is 456 Å². The van der Waals surface area contributed by atoms with E-state index in [1.807, 2.05) is 0 Å². The third-order valence-electron chi connectivity index (χ3n) is 17.4. The second kappa shape index (κ2) is 66.1. The zero-order valence-corrected chi connectivity index (χ0v) is 50.2. The lowest BCUT2D eigenvalue weighted by atomic mass is 10.0. The summed E-state index contributed by atoms with van der Waals surface area (Å²) in [6.45, 7) is 0. The summed E-state index contributed by atoms with van der Waals surface area (Å²) < 4.78 is 0. The molecule has 426 valence electrons. The van der Waals surface area contributed by atoms with E-state index >= 15 is 0 Å². The molecule has 0 spiro atoms. The molecule has 0 atom stereocenters. The molecule has 0 aromatic rings. The van der Waals surface area contributed by atoms with E-state index in [9.17, 15) is 0 Å². The lowest BCUT2D eigenvalue weighted by molar-refractivity contribution is 0.504. The molecule has 18 saturated carbocycles. The van der Waals surface area contributed by atoms with E-state index in [4.69, 9.17) is 0 Å². The fraction of sp³-hybridized carbons (Fsp3) is 1.00. The van der Waals surface area contributed by atoms with E-state index < -0.39 is 0 Å².